The average Bonchev–Trinajstić information content (AvgIpc) is 2.82. The molecule has 1 heterocycles. The Morgan fingerprint density at radius 2 is 2.26 bits per heavy atom. The molecular weight excluding hydrogens is 260 g/mol. The predicted molar refractivity (Wildman–Crippen MR) is 76.8 cm³/mol. The molecule has 1 atom stereocenters. The van der Waals surface area contributed by atoms with Crippen molar-refractivity contribution in [1.82, 2.24) is 10.3 Å². The highest BCUT2D eigenvalue weighted by Crippen LogP contribution is 2.28. The molecule has 4 nitrogen and oxygen atoms in total. The molecule has 0 radical (unpaired) electrons. The van der Waals surface area contributed by atoms with E-state index < -0.39 is 0 Å². The van der Waals surface area contributed by atoms with Crippen LogP contribution < -0.4 is 10.1 Å². The van der Waals surface area contributed by atoms with E-state index in [0.29, 0.717) is 6.54 Å². The smallest absolute Gasteiger partial charge is 0.120 e. The molecule has 0 aliphatic heterocycles. The third-order valence-electron chi connectivity index (χ3n) is 2.96. The predicted octanol–water partition coefficient (Wildman–Crippen LogP) is 3.02. The molecule has 1 aromatic carbocycles. The van der Waals surface area contributed by atoms with E-state index in [4.69, 9.17) is 4.74 Å². The number of nitrogens with one attached hydrogen (secondary N) is 1. The van der Waals surface area contributed by atoms with Gasteiger partial charge in [0.15, 0.2) is 0 Å². The summed E-state index contributed by atoms with van der Waals surface area (Å²) in [7, 11) is 1.62. The van der Waals surface area contributed by atoms with Crippen molar-refractivity contribution in [1.29, 1.82) is 0 Å². The summed E-state index contributed by atoms with van der Waals surface area (Å²) < 4.78 is 5.18. The molecular formula is C14H18N2O2S. The Balaban J connectivity index is 2.04. The van der Waals surface area contributed by atoms with Gasteiger partial charge in [-0.1, -0.05) is 0 Å². The van der Waals surface area contributed by atoms with E-state index in [0.717, 1.165) is 22.0 Å². The number of aryl methyl sites for hydroxylation is 1. The summed E-state index contributed by atoms with van der Waals surface area (Å²) in [5.41, 5.74) is 1.85. The standard InChI is InChI=1S/C14H18N2O2S/c1-9(15-7-11-8-19-10(2)16-11)13-6-12(18-3)4-5-14(13)17/h4-6,8-9,15,17H,7H2,1-3H3. The zero-order chi connectivity index (χ0) is 13.8. The molecule has 0 fully saturated rings. The summed E-state index contributed by atoms with van der Waals surface area (Å²) in [6.07, 6.45) is 0. The van der Waals surface area contributed by atoms with Crippen LogP contribution in [0.15, 0.2) is 23.6 Å². The highest BCUT2D eigenvalue weighted by molar-refractivity contribution is 7.09. The van der Waals surface area contributed by atoms with Gasteiger partial charge in [0.05, 0.1) is 17.8 Å². The van der Waals surface area contributed by atoms with E-state index in [1.165, 1.54) is 0 Å². The van der Waals surface area contributed by atoms with E-state index >= 15 is 0 Å². The fourth-order valence-corrected chi connectivity index (χ4v) is 2.48. The normalized spacial score (nSPS) is 12.4. The Morgan fingerprint density at radius 1 is 1.47 bits per heavy atom. The number of nitrogens with zero attached hydrogens (tertiary/aromatic N) is 1. The molecule has 1 unspecified atom stereocenters. The zero-order valence-electron chi connectivity index (χ0n) is 11.3. The third-order valence-corrected chi connectivity index (χ3v) is 3.78. The van der Waals surface area contributed by atoms with E-state index in [1.807, 2.05) is 25.3 Å². The summed E-state index contributed by atoms with van der Waals surface area (Å²) in [6.45, 7) is 4.68. The second kappa shape index (κ2) is 6.04. The molecule has 0 bridgehead atoms. The van der Waals surface area contributed by atoms with Crippen molar-refractivity contribution >= 4 is 11.3 Å². The van der Waals surface area contributed by atoms with Crippen LogP contribution in [0.25, 0.3) is 0 Å². The number of rotatable bonds is 5. The van der Waals surface area contributed by atoms with Crippen LogP contribution in [-0.4, -0.2) is 17.2 Å². The molecule has 0 amide bonds. The highest BCUT2D eigenvalue weighted by Gasteiger charge is 2.11. The van der Waals surface area contributed by atoms with Gasteiger partial charge in [-0.05, 0) is 32.0 Å². The van der Waals surface area contributed by atoms with Crippen molar-refractivity contribution in [2.24, 2.45) is 0 Å². The van der Waals surface area contributed by atoms with Crippen LogP contribution in [0.2, 0.25) is 0 Å². The maximum Gasteiger partial charge on any atom is 0.120 e. The molecule has 2 rings (SSSR count). The highest BCUT2D eigenvalue weighted by atomic mass is 32.1. The Hall–Kier alpha value is -1.59. The minimum Gasteiger partial charge on any atom is -0.508 e. The first kappa shape index (κ1) is 13.8. The number of methoxy groups -OCH3 is 1. The number of hydrogen-bond donors (Lipinski definition) is 2. The van der Waals surface area contributed by atoms with E-state index in [1.54, 1.807) is 30.6 Å². The lowest BCUT2D eigenvalue weighted by Gasteiger charge is -2.15. The summed E-state index contributed by atoms with van der Waals surface area (Å²) in [5.74, 6) is 1.02. The minimum atomic E-state index is 0.0251. The number of aromatic nitrogens is 1. The van der Waals surface area contributed by atoms with E-state index in [-0.39, 0.29) is 11.8 Å². The SMILES string of the molecule is COc1ccc(O)c(C(C)NCc2csc(C)n2)c1. The summed E-state index contributed by atoms with van der Waals surface area (Å²) >= 11 is 1.64. The van der Waals surface area contributed by atoms with Gasteiger partial charge in [0, 0.05) is 23.5 Å². The van der Waals surface area contributed by atoms with Gasteiger partial charge < -0.3 is 15.2 Å². The second-order valence-electron chi connectivity index (χ2n) is 4.39. The fourth-order valence-electron chi connectivity index (χ4n) is 1.86. The van der Waals surface area contributed by atoms with Crippen LogP contribution in [0.4, 0.5) is 0 Å². The van der Waals surface area contributed by atoms with Gasteiger partial charge in [-0.25, -0.2) is 4.98 Å². The number of phenolic OH excluding ortho intramolecular Hbond substituents is 1. The topological polar surface area (TPSA) is 54.4 Å². The molecule has 0 saturated carbocycles. The molecule has 0 aliphatic rings. The number of ether oxygens (including phenoxy) is 1. The monoisotopic (exact) mass is 278 g/mol. The Bertz CT molecular complexity index is 554. The third kappa shape index (κ3) is 3.45. The Morgan fingerprint density at radius 3 is 2.89 bits per heavy atom. The van der Waals surface area contributed by atoms with Gasteiger partial charge in [0.25, 0.3) is 0 Å². The van der Waals surface area contributed by atoms with Gasteiger partial charge >= 0.3 is 0 Å². The number of phenols is 1. The van der Waals surface area contributed by atoms with Crippen molar-refractivity contribution in [3.63, 3.8) is 0 Å². The zero-order valence-corrected chi connectivity index (χ0v) is 12.1. The van der Waals surface area contributed by atoms with Gasteiger partial charge in [0.2, 0.25) is 0 Å². The lowest BCUT2D eigenvalue weighted by Crippen LogP contribution is -2.18. The molecule has 0 saturated heterocycles. The second-order valence-corrected chi connectivity index (χ2v) is 5.45. The van der Waals surface area contributed by atoms with Crippen LogP contribution in [0.3, 0.4) is 0 Å². The van der Waals surface area contributed by atoms with Crippen molar-refractivity contribution in [2.75, 3.05) is 7.11 Å². The van der Waals surface area contributed by atoms with Crippen molar-refractivity contribution in [2.45, 2.75) is 26.4 Å². The van der Waals surface area contributed by atoms with Crippen LogP contribution in [0.1, 0.15) is 29.2 Å². The summed E-state index contributed by atoms with van der Waals surface area (Å²) in [5, 5.41) is 16.3. The molecule has 0 aliphatic carbocycles. The first-order valence-electron chi connectivity index (χ1n) is 6.11. The fraction of sp³-hybridized carbons (Fsp3) is 0.357. The van der Waals surface area contributed by atoms with Crippen LogP contribution in [0, 0.1) is 6.92 Å². The van der Waals surface area contributed by atoms with Crippen molar-refractivity contribution < 1.29 is 9.84 Å². The summed E-state index contributed by atoms with van der Waals surface area (Å²) in [4.78, 5) is 4.40. The first-order valence-corrected chi connectivity index (χ1v) is 6.99. The maximum absolute atomic E-state index is 9.89. The van der Waals surface area contributed by atoms with E-state index in [2.05, 4.69) is 10.3 Å². The molecule has 5 heteroatoms. The lowest BCUT2D eigenvalue weighted by atomic mass is 10.1. The molecule has 19 heavy (non-hydrogen) atoms. The number of aromatic hydroxyl groups is 1. The van der Waals surface area contributed by atoms with Gasteiger partial charge in [-0.15, -0.1) is 11.3 Å². The Kier molecular flexibility index (Phi) is 4.39. The quantitative estimate of drug-likeness (QED) is 0.882. The van der Waals surface area contributed by atoms with Crippen LogP contribution in [0.5, 0.6) is 11.5 Å². The summed E-state index contributed by atoms with van der Waals surface area (Å²) in [6, 6.07) is 5.27. The van der Waals surface area contributed by atoms with Gasteiger partial charge in [-0.3, -0.25) is 0 Å². The maximum atomic E-state index is 9.89. The average molecular weight is 278 g/mol. The van der Waals surface area contributed by atoms with Crippen molar-refractivity contribution in [3.05, 3.63) is 39.8 Å². The molecule has 2 N–H and O–H groups in total. The lowest BCUT2D eigenvalue weighted by molar-refractivity contribution is 0.407. The van der Waals surface area contributed by atoms with Crippen molar-refractivity contribution in [3.8, 4) is 11.5 Å². The van der Waals surface area contributed by atoms with E-state index in [9.17, 15) is 5.11 Å². The number of thiazole rings is 1. The molecule has 2 aromatic rings. The minimum absolute atomic E-state index is 0.0251. The Labute approximate surface area is 117 Å². The largest absolute Gasteiger partial charge is 0.508 e. The molecule has 102 valence electrons. The first-order chi connectivity index (χ1) is 9.10. The number of benzene rings is 1. The molecule has 0 spiro atoms. The van der Waals surface area contributed by atoms with Gasteiger partial charge in [0.1, 0.15) is 11.5 Å². The van der Waals surface area contributed by atoms with Crippen LogP contribution >= 0.6 is 11.3 Å². The van der Waals surface area contributed by atoms with Crippen LogP contribution in [-0.2, 0) is 6.54 Å². The van der Waals surface area contributed by atoms with Gasteiger partial charge in [-0.2, -0.15) is 0 Å². The number of hydrogen-bond acceptors (Lipinski definition) is 5. The molecule has 1 aromatic heterocycles.